The van der Waals surface area contributed by atoms with E-state index in [1.807, 2.05) is 0 Å². The molecule has 1 saturated heterocycles. The molecule has 2 aromatic heterocycles. The standard InChI is InChI=1S/C40H35N7O12/c1-21(48)42-39-43-34-30(35(44-39)59-40(54)46(25-13-7-5-8-14-25)26-15-9-6-10-16-26)41-20-45(34)38-31(47-36(52)27-17-11-12-18-28(27)37(47)53)33(57-24(4)51)32(56-23(3)50)29(58-38)19-55-22(2)49/h5-18,20,29,31-33,38H,19H2,1-4H3,(H,42,43,44,48)/t29-,31-,32-,33-,38-/m1/s1. The number of imidazole rings is 1. The van der Waals surface area contributed by atoms with Gasteiger partial charge in [-0.3, -0.25) is 43.6 Å². The van der Waals surface area contributed by atoms with E-state index in [9.17, 15) is 33.6 Å². The first-order valence-electron chi connectivity index (χ1n) is 18.1. The van der Waals surface area contributed by atoms with Crippen molar-refractivity contribution in [3.8, 4) is 5.88 Å². The third kappa shape index (κ3) is 8.03. The second-order valence-corrected chi connectivity index (χ2v) is 13.3. The van der Waals surface area contributed by atoms with Crippen LogP contribution in [0.1, 0.15) is 54.6 Å². The summed E-state index contributed by atoms with van der Waals surface area (Å²) < 4.78 is 30.3. The highest BCUT2D eigenvalue weighted by Crippen LogP contribution is 2.41. The van der Waals surface area contributed by atoms with E-state index < -0.39 is 84.8 Å². The van der Waals surface area contributed by atoms with Crippen molar-refractivity contribution in [1.82, 2.24) is 24.4 Å². The lowest BCUT2D eigenvalue weighted by atomic mass is 9.93. The fourth-order valence-corrected chi connectivity index (χ4v) is 6.89. The Morgan fingerprint density at radius 3 is 1.85 bits per heavy atom. The molecule has 7 rings (SSSR count). The van der Waals surface area contributed by atoms with Gasteiger partial charge in [0.2, 0.25) is 11.9 Å². The van der Waals surface area contributed by atoms with Gasteiger partial charge in [-0.15, -0.1) is 0 Å². The van der Waals surface area contributed by atoms with Crippen LogP contribution in [0, 0.1) is 0 Å². The zero-order valence-corrected chi connectivity index (χ0v) is 31.8. The number of fused-ring (bicyclic) bond motifs is 2. The molecule has 3 aromatic carbocycles. The Balaban J connectivity index is 1.40. The molecule has 302 valence electrons. The van der Waals surface area contributed by atoms with Gasteiger partial charge in [0.15, 0.2) is 29.6 Å². The number of aromatic nitrogens is 4. The van der Waals surface area contributed by atoms with Crippen molar-refractivity contribution >= 4 is 70.2 Å². The normalized spacial score (nSPS) is 19.7. The molecule has 5 atom stereocenters. The number of ether oxygens (including phenoxy) is 5. The average Bonchev–Trinajstić information content (AvgIpc) is 3.73. The van der Waals surface area contributed by atoms with Crippen molar-refractivity contribution in [3.63, 3.8) is 0 Å². The van der Waals surface area contributed by atoms with Crippen LogP contribution in [0.3, 0.4) is 0 Å². The number of para-hydroxylation sites is 2. The van der Waals surface area contributed by atoms with Crippen LogP contribution in [0.15, 0.2) is 91.3 Å². The Labute approximate surface area is 334 Å². The highest BCUT2D eigenvalue weighted by molar-refractivity contribution is 6.21. The molecule has 4 heterocycles. The minimum Gasteiger partial charge on any atom is -0.463 e. The number of anilines is 3. The summed E-state index contributed by atoms with van der Waals surface area (Å²) in [6, 6.07) is 21.6. The van der Waals surface area contributed by atoms with Crippen LogP contribution < -0.4 is 15.0 Å². The number of carbonyl (C=O) groups is 7. The van der Waals surface area contributed by atoms with E-state index in [2.05, 4.69) is 20.3 Å². The van der Waals surface area contributed by atoms with E-state index in [0.29, 0.717) is 11.4 Å². The number of nitrogens with one attached hydrogen (secondary N) is 1. The van der Waals surface area contributed by atoms with Crippen molar-refractivity contribution in [2.24, 2.45) is 0 Å². The highest BCUT2D eigenvalue weighted by Gasteiger charge is 2.57. The molecule has 0 saturated carbocycles. The van der Waals surface area contributed by atoms with Crippen LogP contribution >= 0.6 is 0 Å². The third-order valence-corrected chi connectivity index (χ3v) is 9.16. The molecule has 0 bridgehead atoms. The SMILES string of the molecule is CC(=O)Nc1nc(OC(=O)N(c2ccccc2)c2ccccc2)c2ncn([C@@H]3O[C@H](COC(C)=O)[C@@H](OC(C)=O)[C@H](OC(C)=O)[C@H]3N3C(=O)c4ccccc4C3=O)c2n1. The molecule has 5 aromatic rings. The smallest absolute Gasteiger partial charge is 0.425 e. The van der Waals surface area contributed by atoms with Gasteiger partial charge in [-0.05, 0) is 36.4 Å². The van der Waals surface area contributed by atoms with Crippen molar-refractivity contribution < 1.29 is 57.2 Å². The number of hydrogen-bond donors (Lipinski definition) is 1. The molecular weight excluding hydrogens is 770 g/mol. The maximum Gasteiger partial charge on any atom is 0.425 e. The summed E-state index contributed by atoms with van der Waals surface area (Å²) in [6.45, 7) is 3.94. The van der Waals surface area contributed by atoms with Gasteiger partial charge >= 0.3 is 24.0 Å². The van der Waals surface area contributed by atoms with Gasteiger partial charge in [0.05, 0.1) is 28.8 Å². The summed E-state index contributed by atoms with van der Waals surface area (Å²) >= 11 is 0. The second-order valence-electron chi connectivity index (χ2n) is 13.3. The number of hydrogen-bond acceptors (Lipinski definition) is 15. The Kier molecular flexibility index (Phi) is 11.1. The molecule has 0 radical (unpaired) electrons. The van der Waals surface area contributed by atoms with E-state index >= 15 is 0 Å². The average molecular weight is 806 g/mol. The number of esters is 3. The first-order valence-corrected chi connectivity index (χ1v) is 18.1. The van der Waals surface area contributed by atoms with Gasteiger partial charge in [-0.1, -0.05) is 48.5 Å². The zero-order valence-electron chi connectivity index (χ0n) is 31.8. The molecule has 0 spiro atoms. The molecule has 2 aliphatic heterocycles. The van der Waals surface area contributed by atoms with Crippen LogP contribution in [0.25, 0.3) is 11.2 Å². The molecule has 4 amide bonds. The first kappa shape index (κ1) is 39.7. The van der Waals surface area contributed by atoms with Crippen LogP contribution in [0.5, 0.6) is 5.88 Å². The molecule has 19 nitrogen and oxygen atoms in total. The molecule has 0 aliphatic carbocycles. The number of carbonyl (C=O) groups excluding carboxylic acids is 7. The number of imide groups is 1. The van der Waals surface area contributed by atoms with Gasteiger partial charge in [0.1, 0.15) is 18.8 Å². The van der Waals surface area contributed by atoms with Crippen molar-refractivity contribution in [2.75, 3.05) is 16.8 Å². The molecule has 19 heteroatoms. The largest absolute Gasteiger partial charge is 0.463 e. The van der Waals surface area contributed by atoms with Crippen molar-refractivity contribution in [2.45, 2.75) is 58.3 Å². The molecular formula is C40H35N7O12. The lowest BCUT2D eigenvalue weighted by molar-refractivity contribution is -0.244. The molecule has 2 aliphatic rings. The predicted molar refractivity (Wildman–Crippen MR) is 203 cm³/mol. The predicted octanol–water partition coefficient (Wildman–Crippen LogP) is 4.11. The number of amides is 4. The van der Waals surface area contributed by atoms with E-state index in [4.69, 9.17) is 23.7 Å². The Morgan fingerprint density at radius 2 is 1.31 bits per heavy atom. The van der Waals surface area contributed by atoms with E-state index in [1.54, 1.807) is 72.8 Å². The first-order chi connectivity index (χ1) is 28.3. The summed E-state index contributed by atoms with van der Waals surface area (Å²) in [5, 5.41) is 2.47. The van der Waals surface area contributed by atoms with Crippen LogP contribution in [-0.4, -0.2) is 97.1 Å². The molecule has 1 fully saturated rings. The topological polar surface area (TPSA) is 228 Å². The maximum atomic E-state index is 14.2. The summed E-state index contributed by atoms with van der Waals surface area (Å²) in [6.07, 6.45) is -5.93. The van der Waals surface area contributed by atoms with Crippen LogP contribution in [0.2, 0.25) is 0 Å². The maximum absolute atomic E-state index is 14.2. The molecule has 1 N–H and O–H groups in total. The number of benzene rings is 3. The van der Waals surface area contributed by atoms with Crippen molar-refractivity contribution in [3.05, 3.63) is 102 Å². The van der Waals surface area contributed by atoms with Crippen LogP contribution in [-0.2, 0) is 38.1 Å². The minimum atomic E-state index is -1.64. The number of nitrogens with zero attached hydrogens (tertiary/aromatic N) is 6. The number of rotatable bonds is 10. The Bertz CT molecular complexity index is 2400. The summed E-state index contributed by atoms with van der Waals surface area (Å²) in [5.41, 5.74) is 0.636. The molecule has 0 unspecified atom stereocenters. The van der Waals surface area contributed by atoms with Crippen LogP contribution in [0.4, 0.5) is 22.1 Å². The van der Waals surface area contributed by atoms with Gasteiger partial charge in [0.25, 0.3) is 17.7 Å². The van der Waals surface area contributed by atoms with Gasteiger partial charge in [-0.2, -0.15) is 9.97 Å². The fourth-order valence-electron chi connectivity index (χ4n) is 6.89. The third-order valence-electron chi connectivity index (χ3n) is 9.16. The molecule has 59 heavy (non-hydrogen) atoms. The minimum absolute atomic E-state index is 0.0326. The van der Waals surface area contributed by atoms with E-state index in [-0.39, 0.29) is 28.2 Å². The van der Waals surface area contributed by atoms with E-state index in [0.717, 1.165) is 25.7 Å². The zero-order chi connectivity index (χ0) is 42.0. The lowest BCUT2D eigenvalue weighted by Gasteiger charge is -2.47. The summed E-state index contributed by atoms with van der Waals surface area (Å²) in [7, 11) is 0. The summed E-state index contributed by atoms with van der Waals surface area (Å²) in [5.74, 6) is -5.42. The highest BCUT2D eigenvalue weighted by atomic mass is 16.6. The van der Waals surface area contributed by atoms with Crippen molar-refractivity contribution in [1.29, 1.82) is 0 Å². The van der Waals surface area contributed by atoms with Gasteiger partial charge < -0.3 is 23.7 Å². The second kappa shape index (κ2) is 16.5. The monoisotopic (exact) mass is 805 g/mol. The quantitative estimate of drug-likeness (QED) is 0.119. The summed E-state index contributed by atoms with van der Waals surface area (Å²) in [4.78, 5) is 108. The van der Waals surface area contributed by atoms with Gasteiger partial charge in [-0.25, -0.2) is 14.7 Å². The fraction of sp³-hybridized carbons (Fsp3) is 0.250. The van der Waals surface area contributed by atoms with E-state index in [1.165, 1.54) is 34.9 Å². The lowest BCUT2D eigenvalue weighted by Crippen LogP contribution is -2.65. The Hall–Kier alpha value is -7.54. The van der Waals surface area contributed by atoms with Gasteiger partial charge in [0, 0.05) is 27.7 Å². The Morgan fingerprint density at radius 1 is 0.746 bits per heavy atom.